The van der Waals surface area contributed by atoms with E-state index in [1.165, 1.54) is 0 Å². The normalized spacial score (nSPS) is 11.1. The van der Waals surface area contributed by atoms with Gasteiger partial charge in [0.2, 0.25) is 0 Å². The van der Waals surface area contributed by atoms with Crippen LogP contribution in [0.4, 0.5) is 0 Å². The van der Waals surface area contributed by atoms with Crippen LogP contribution in [0.1, 0.15) is 16.7 Å². The van der Waals surface area contributed by atoms with Crippen molar-refractivity contribution in [3.63, 3.8) is 0 Å². The molecule has 0 atom stereocenters. The Morgan fingerprint density at radius 1 is 1.00 bits per heavy atom. The molecule has 0 spiro atoms. The third-order valence-corrected chi connectivity index (χ3v) is 4.60. The van der Waals surface area contributed by atoms with Crippen LogP contribution in [0.15, 0.2) is 59.7 Å². The Balaban J connectivity index is 0.00000320. The summed E-state index contributed by atoms with van der Waals surface area (Å²) < 4.78 is 10.9. The molecular formula is C23H29IN4O2. The molecule has 0 bridgehead atoms. The first kappa shape index (κ1) is 23.9. The van der Waals surface area contributed by atoms with Gasteiger partial charge in [0, 0.05) is 44.4 Å². The number of fused-ring (bicyclic) bond motifs is 1. The van der Waals surface area contributed by atoms with E-state index in [2.05, 4.69) is 57.9 Å². The summed E-state index contributed by atoms with van der Waals surface area (Å²) >= 11 is 0. The molecule has 0 aliphatic carbocycles. The Bertz CT molecular complexity index is 973. The molecule has 0 aliphatic rings. The number of guanidine groups is 1. The number of hydrogen-bond acceptors (Lipinski definition) is 4. The summed E-state index contributed by atoms with van der Waals surface area (Å²) in [4.78, 5) is 8.84. The quantitative estimate of drug-likeness (QED) is 0.203. The van der Waals surface area contributed by atoms with E-state index in [1.54, 1.807) is 14.2 Å². The fourth-order valence-electron chi connectivity index (χ4n) is 3.07. The minimum absolute atomic E-state index is 0. The van der Waals surface area contributed by atoms with Crippen molar-refractivity contribution in [1.82, 2.24) is 15.6 Å². The van der Waals surface area contributed by atoms with Gasteiger partial charge in [-0.15, -0.1) is 24.0 Å². The maximum absolute atomic E-state index is 5.87. The number of pyridine rings is 1. The van der Waals surface area contributed by atoms with E-state index >= 15 is 0 Å². The lowest BCUT2D eigenvalue weighted by atomic mass is 10.1. The Labute approximate surface area is 195 Å². The number of nitrogens with zero attached hydrogens (tertiary/aromatic N) is 2. The highest BCUT2D eigenvalue weighted by atomic mass is 127. The van der Waals surface area contributed by atoms with Crippen LogP contribution in [0.5, 0.6) is 5.75 Å². The lowest BCUT2D eigenvalue weighted by Gasteiger charge is -2.16. The van der Waals surface area contributed by atoms with E-state index < -0.39 is 0 Å². The lowest BCUT2D eigenvalue weighted by molar-refractivity contribution is 0.145. The molecule has 3 rings (SSSR count). The largest absolute Gasteiger partial charge is 0.491 e. The highest BCUT2D eigenvalue weighted by molar-refractivity contribution is 14.0. The van der Waals surface area contributed by atoms with Gasteiger partial charge in [-0.3, -0.25) is 9.98 Å². The van der Waals surface area contributed by atoms with Crippen molar-refractivity contribution in [3.05, 3.63) is 71.4 Å². The van der Waals surface area contributed by atoms with Crippen LogP contribution >= 0.6 is 24.0 Å². The average Bonchev–Trinajstić information content (AvgIpc) is 2.75. The molecular weight excluding hydrogens is 491 g/mol. The smallest absolute Gasteiger partial charge is 0.191 e. The summed E-state index contributed by atoms with van der Waals surface area (Å²) in [5.74, 6) is 1.59. The van der Waals surface area contributed by atoms with Gasteiger partial charge in [0.05, 0.1) is 12.1 Å². The fourth-order valence-corrected chi connectivity index (χ4v) is 3.07. The molecule has 7 heteroatoms. The molecule has 0 saturated heterocycles. The van der Waals surface area contributed by atoms with E-state index in [-0.39, 0.29) is 24.0 Å². The zero-order chi connectivity index (χ0) is 20.5. The Hall–Kier alpha value is -2.39. The van der Waals surface area contributed by atoms with E-state index in [9.17, 15) is 0 Å². The second kappa shape index (κ2) is 12.3. The number of halogens is 1. The molecule has 3 aromatic rings. The molecule has 1 heterocycles. The van der Waals surface area contributed by atoms with Gasteiger partial charge in [-0.25, -0.2) is 0 Å². The van der Waals surface area contributed by atoms with Gasteiger partial charge in [0.25, 0.3) is 0 Å². The van der Waals surface area contributed by atoms with Gasteiger partial charge >= 0.3 is 0 Å². The number of aliphatic imine (C=N–C) groups is 1. The number of nitrogens with one attached hydrogen (secondary N) is 2. The molecule has 0 radical (unpaired) electrons. The molecule has 30 heavy (non-hydrogen) atoms. The van der Waals surface area contributed by atoms with Crippen molar-refractivity contribution in [2.75, 3.05) is 27.4 Å². The molecule has 0 saturated carbocycles. The average molecular weight is 520 g/mol. The van der Waals surface area contributed by atoms with Crippen molar-refractivity contribution in [2.24, 2.45) is 4.99 Å². The first-order valence-corrected chi connectivity index (χ1v) is 9.69. The summed E-state index contributed by atoms with van der Waals surface area (Å²) in [6.07, 6.45) is 1.82. The monoisotopic (exact) mass is 520 g/mol. The van der Waals surface area contributed by atoms with Crippen molar-refractivity contribution < 1.29 is 9.47 Å². The third kappa shape index (κ3) is 6.56. The van der Waals surface area contributed by atoms with Gasteiger partial charge in [-0.1, -0.05) is 36.4 Å². The summed E-state index contributed by atoms with van der Waals surface area (Å²) in [5, 5.41) is 7.86. The van der Waals surface area contributed by atoms with Crippen LogP contribution in [0.2, 0.25) is 0 Å². The van der Waals surface area contributed by atoms with Crippen LogP contribution in [0.3, 0.4) is 0 Å². The summed E-state index contributed by atoms with van der Waals surface area (Å²) in [7, 11) is 3.44. The van der Waals surface area contributed by atoms with Crippen LogP contribution in [0.25, 0.3) is 10.9 Å². The lowest BCUT2D eigenvalue weighted by Crippen LogP contribution is -2.36. The summed E-state index contributed by atoms with van der Waals surface area (Å²) in [6, 6.07) is 16.4. The van der Waals surface area contributed by atoms with Crippen molar-refractivity contribution in [1.29, 1.82) is 0 Å². The maximum atomic E-state index is 5.87. The zero-order valence-electron chi connectivity index (χ0n) is 17.6. The molecule has 1 aromatic heterocycles. The first-order chi connectivity index (χ1) is 14.2. The van der Waals surface area contributed by atoms with Gasteiger partial charge in [0.1, 0.15) is 12.4 Å². The number of benzene rings is 2. The maximum Gasteiger partial charge on any atom is 0.191 e. The van der Waals surface area contributed by atoms with E-state index in [0.29, 0.717) is 26.3 Å². The Morgan fingerprint density at radius 2 is 1.77 bits per heavy atom. The highest BCUT2D eigenvalue weighted by Crippen LogP contribution is 2.20. The van der Waals surface area contributed by atoms with Crippen LogP contribution in [-0.2, 0) is 17.8 Å². The molecule has 0 amide bonds. The number of aryl methyl sites for hydroxylation is 1. The van der Waals surface area contributed by atoms with Crippen LogP contribution < -0.4 is 15.4 Å². The van der Waals surface area contributed by atoms with E-state index in [1.807, 2.05) is 24.4 Å². The van der Waals surface area contributed by atoms with Gasteiger partial charge < -0.3 is 20.1 Å². The predicted octanol–water partition coefficient (Wildman–Crippen LogP) is 4.05. The Kier molecular flexibility index (Phi) is 9.82. The molecule has 2 N–H and O–H groups in total. The number of methoxy groups -OCH3 is 1. The van der Waals surface area contributed by atoms with Gasteiger partial charge in [-0.2, -0.15) is 0 Å². The number of hydrogen-bond donors (Lipinski definition) is 2. The van der Waals surface area contributed by atoms with E-state index in [4.69, 9.17) is 9.47 Å². The predicted molar refractivity (Wildman–Crippen MR) is 133 cm³/mol. The minimum Gasteiger partial charge on any atom is -0.491 e. The van der Waals surface area contributed by atoms with Crippen molar-refractivity contribution in [2.45, 2.75) is 20.0 Å². The van der Waals surface area contributed by atoms with Crippen LogP contribution in [-0.4, -0.2) is 38.3 Å². The second-order valence-corrected chi connectivity index (χ2v) is 6.72. The number of aromatic nitrogens is 1. The Morgan fingerprint density at radius 3 is 2.53 bits per heavy atom. The minimum atomic E-state index is 0. The van der Waals surface area contributed by atoms with Crippen molar-refractivity contribution >= 4 is 40.8 Å². The standard InChI is InChI=1S/C23H28N4O2.HI/c1-17-9-10-19(21(14-17)29-13-12-28-3)15-26-23(24-2)27-16-20-7-4-6-18-8-5-11-25-22(18)20;/h4-11,14H,12-13,15-16H2,1-3H3,(H2,24,26,27);1H. The molecule has 0 fully saturated rings. The zero-order valence-corrected chi connectivity index (χ0v) is 20.0. The van der Waals surface area contributed by atoms with Gasteiger partial charge in [0.15, 0.2) is 5.96 Å². The number of rotatable bonds is 8. The molecule has 0 unspecified atom stereocenters. The van der Waals surface area contributed by atoms with Crippen LogP contribution in [0, 0.1) is 6.92 Å². The topological polar surface area (TPSA) is 67.8 Å². The second-order valence-electron chi connectivity index (χ2n) is 6.72. The van der Waals surface area contributed by atoms with E-state index in [0.717, 1.165) is 39.3 Å². The fraction of sp³-hybridized carbons (Fsp3) is 0.304. The van der Waals surface area contributed by atoms with Gasteiger partial charge in [-0.05, 0) is 30.2 Å². The molecule has 160 valence electrons. The molecule has 2 aromatic carbocycles. The third-order valence-electron chi connectivity index (χ3n) is 4.60. The highest BCUT2D eigenvalue weighted by Gasteiger charge is 2.07. The SMILES string of the molecule is CN=C(NCc1ccc(C)cc1OCCOC)NCc1cccc2cccnc12.I. The first-order valence-electron chi connectivity index (χ1n) is 9.69. The summed E-state index contributed by atoms with van der Waals surface area (Å²) in [5.41, 5.74) is 4.36. The number of ether oxygens (including phenoxy) is 2. The molecule has 6 nitrogen and oxygen atoms in total. The number of para-hydroxylation sites is 1. The summed E-state index contributed by atoms with van der Waals surface area (Å²) in [6.45, 7) is 4.38. The molecule has 0 aliphatic heterocycles. The van der Waals surface area contributed by atoms with Crippen molar-refractivity contribution in [3.8, 4) is 5.75 Å².